The molecule has 0 atom stereocenters. The number of para-hydroxylation sites is 1. The van der Waals surface area contributed by atoms with Gasteiger partial charge in [0.15, 0.2) is 6.61 Å². The molecule has 0 saturated carbocycles. The fourth-order valence-corrected chi connectivity index (χ4v) is 2.82. The van der Waals surface area contributed by atoms with Gasteiger partial charge in [0.25, 0.3) is 5.91 Å². The fourth-order valence-electron chi connectivity index (χ4n) is 2.82. The Morgan fingerprint density at radius 3 is 2.48 bits per heavy atom. The van der Waals surface area contributed by atoms with E-state index >= 15 is 0 Å². The van der Waals surface area contributed by atoms with E-state index in [1.54, 1.807) is 18.2 Å². The first-order valence-corrected chi connectivity index (χ1v) is 8.84. The maximum Gasteiger partial charge on any atom is 0.338 e. The highest BCUT2D eigenvalue weighted by Gasteiger charge is 2.13. The molecule has 0 aliphatic rings. The lowest BCUT2D eigenvalue weighted by Gasteiger charge is -2.13. The summed E-state index contributed by atoms with van der Waals surface area (Å²) < 4.78 is 7.07. The number of rotatable bonds is 6. The van der Waals surface area contributed by atoms with Crippen molar-refractivity contribution in [3.05, 3.63) is 84.2 Å². The Balaban J connectivity index is 1.61. The summed E-state index contributed by atoms with van der Waals surface area (Å²) in [5, 5.41) is 2.81. The van der Waals surface area contributed by atoms with Crippen molar-refractivity contribution < 1.29 is 14.3 Å². The highest BCUT2D eigenvalue weighted by Crippen LogP contribution is 2.23. The third-order valence-corrected chi connectivity index (χ3v) is 4.18. The summed E-state index contributed by atoms with van der Waals surface area (Å²) >= 11 is 0. The molecule has 0 saturated heterocycles. The molecule has 3 rings (SSSR count). The number of nitrogens with one attached hydrogen (secondary N) is 1. The normalized spacial score (nSPS) is 10.6. The van der Waals surface area contributed by atoms with Crippen molar-refractivity contribution in [2.75, 3.05) is 11.9 Å². The van der Waals surface area contributed by atoms with Crippen LogP contribution in [0.25, 0.3) is 5.69 Å². The Bertz CT molecular complexity index is 930. The molecular weight excluding hydrogens is 340 g/mol. The van der Waals surface area contributed by atoms with Crippen molar-refractivity contribution >= 4 is 17.6 Å². The van der Waals surface area contributed by atoms with Gasteiger partial charge in [0.05, 0.1) is 5.56 Å². The molecule has 0 radical (unpaired) electrons. The van der Waals surface area contributed by atoms with E-state index in [9.17, 15) is 9.59 Å². The summed E-state index contributed by atoms with van der Waals surface area (Å²) in [7, 11) is 0. The second-order valence-corrected chi connectivity index (χ2v) is 6.51. The molecule has 0 aliphatic heterocycles. The number of hydrogen-bond acceptors (Lipinski definition) is 3. The lowest BCUT2D eigenvalue weighted by molar-refractivity contribution is -0.119. The maximum atomic E-state index is 12.3. The number of aromatic nitrogens is 1. The van der Waals surface area contributed by atoms with Gasteiger partial charge in [0, 0.05) is 23.8 Å². The third-order valence-electron chi connectivity index (χ3n) is 4.18. The minimum absolute atomic E-state index is 0.278. The molecule has 0 unspecified atom stereocenters. The van der Waals surface area contributed by atoms with E-state index in [0.717, 1.165) is 16.9 Å². The van der Waals surface area contributed by atoms with Crippen molar-refractivity contribution in [1.82, 2.24) is 4.57 Å². The molecule has 3 aromatic rings. The molecule has 0 spiro atoms. The first-order chi connectivity index (χ1) is 13.0. The van der Waals surface area contributed by atoms with Crippen molar-refractivity contribution in [3.8, 4) is 5.69 Å². The van der Waals surface area contributed by atoms with Crippen LogP contribution in [0.2, 0.25) is 0 Å². The van der Waals surface area contributed by atoms with E-state index in [1.165, 1.54) is 0 Å². The number of anilines is 1. The van der Waals surface area contributed by atoms with Gasteiger partial charge in [-0.1, -0.05) is 38.1 Å². The largest absolute Gasteiger partial charge is 0.452 e. The van der Waals surface area contributed by atoms with Gasteiger partial charge in [-0.3, -0.25) is 4.79 Å². The number of nitrogens with zero attached hydrogens (tertiary/aromatic N) is 1. The molecular formula is C22H22N2O3. The molecule has 2 aromatic carbocycles. The molecule has 5 heteroatoms. The van der Waals surface area contributed by atoms with Crippen LogP contribution in [0, 0.1) is 0 Å². The van der Waals surface area contributed by atoms with Gasteiger partial charge < -0.3 is 14.6 Å². The van der Waals surface area contributed by atoms with E-state index in [2.05, 4.69) is 19.2 Å². The second kappa shape index (κ2) is 8.36. The molecule has 5 nitrogen and oxygen atoms in total. The van der Waals surface area contributed by atoms with Gasteiger partial charge in [-0.2, -0.15) is 0 Å². The topological polar surface area (TPSA) is 60.3 Å². The number of carbonyl (C=O) groups is 2. The van der Waals surface area contributed by atoms with Crippen molar-refractivity contribution in [2.24, 2.45) is 0 Å². The molecule has 1 aromatic heterocycles. The van der Waals surface area contributed by atoms with Gasteiger partial charge >= 0.3 is 5.97 Å². The van der Waals surface area contributed by atoms with E-state index in [1.807, 2.05) is 59.4 Å². The van der Waals surface area contributed by atoms with Crippen LogP contribution in [0.4, 0.5) is 5.69 Å². The zero-order valence-corrected chi connectivity index (χ0v) is 15.4. The van der Waals surface area contributed by atoms with Gasteiger partial charge in [-0.15, -0.1) is 0 Å². The van der Waals surface area contributed by atoms with Gasteiger partial charge in [0.2, 0.25) is 0 Å². The average Bonchev–Trinajstić information content (AvgIpc) is 3.21. The Labute approximate surface area is 158 Å². The number of amides is 1. The third kappa shape index (κ3) is 4.64. The van der Waals surface area contributed by atoms with Gasteiger partial charge in [0.1, 0.15) is 0 Å². The van der Waals surface area contributed by atoms with Crippen LogP contribution in [0.15, 0.2) is 73.1 Å². The molecule has 1 heterocycles. The van der Waals surface area contributed by atoms with Crippen LogP contribution in [0.5, 0.6) is 0 Å². The smallest absolute Gasteiger partial charge is 0.338 e. The molecule has 0 bridgehead atoms. The van der Waals surface area contributed by atoms with Gasteiger partial charge in [-0.05, 0) is 47.9 Å². The first-order valence-electron chi connectivity index (χ1n) is 8.84. The predicted molar refractivity (Wildman–Crippen MR) is 105 cm³/mol. The molecule has 138 valence electrons. The van der Waals surface area contributed by atoms with E-state index in [0.29, 0.717) is 5.56 Å². The minimum Gasteiger partial charge on any atom is -0.452 e. The highest BCUT2D eigenvalue weighted by atomic mass is 16.5. The zero-order valence-electron chi connectivity index (χ0n) is 15.4. The van der Waals surface area contributed by atoms with Crippen LogP contribution >= 0.6 is 0 Å². The number of esters is 1. The molecule has 0 aliphatic carbocycles. The van der Waals surface area contributed by atoms with Gasteiger partial charge in [-0.25, -0.2) is 4.79 Å². The van der Waals surface area contributed by atoms with Crippen LogP contribution in [-0.2, 0) is 9.53 Å². The number of benzene rings is 2. The summed E-state index contributed by atoms with van der Waals surface area (Å²) in [4.78, 5) is 24.5. The van der Waals surface area contributed by atoms with Crippen molar-refractivity contribution in [3.63, 3.8) is 0 Å². The van der Waals surface area contributed by atoms with Crippen LogP contribution in [-0.4, -0.2) is 23.1 Å². The summed E-state index contributed by atoms with van der Waals surface area (Å²) in [6, 6.07) is 18.5. The lowest BCUT2D eigenvalue weighted by atomic mass is 10.0. The highest BCUT2D eigenvalue weighted by molar-refractivity contribution is 5.96. The Morgan fingerprint density at radius 1 is 1.00 bits per heavy atom. The summed E-state index contributed by atoms with van der Waals surface area (Å²) in [6.45, 7) is 3.78. The first kappa shape index (κ1) is 18.5. The minimum atomic E-state index is -0.531. The number of ether oxygens (including phenoxy) is 1. The molecule has 27 heavy (non-hydrogen) atoms. The summed E-state index contributed by atoms with van der Waals surface area (Å²) in [6.07, 6.45) is 3.79. The Hall–Kier alpha value is -3.34. The zero-order chi connectivity index (χ0) is 19.2. The number of hydrogen-bond donors (Lipinski definition) is 1. The predicted octanol–water partition coefficient (Wildman–Crippen LogP) is 4.40. The van der Waals surface area contributed by atoms with Crippen LogP contribution < -0.4 is 5.32 Å². The summed E-state index contributed by atoms with van der Waals surface area (Å²) in [5.74, 6) is -0.616. The molecule has 1 amide bonds. The van der Waals surface area contributed by atoms with E-state index in [-0.39, 0.29) is 18.4 Å². The van der Waals surface area contributed by atoms with Crippen LogP contribution in [0.1, 0.15) is 35.7 Å². The van der Waals surface area contributed by atoms with Crippen molar-refractivity contribution in [1.29, 1.82) is 0 Å². The number of carbonyl (C=O) groups excluding carboxylic acids is 2. The fraction of sp³-hybridized carbons (Fsp3) is 0.182. The SMILES string of the molecule is CC(C)c1ccccc1NC(=O)COC(=O)c1cccc(-n2cccc2)c1. The molecule has 1 N–H and O–H groups in total. The molecule has 0 fully saturated rings. The standard InChI is InChI=1S/C22H22N2O3/c1-16(2)19-10-3-4-11-20(19)23-21(25)15-27-22(26)17-8-7-9-18(14-17)24-12-5-6-13-24/h3-14,16H,15H2,1-2H3,(H,23,25). The Morgan fingerprint density at radius 2 is 1.74 bits per heavy atom. The maximum absolute atomic E-state index is 12.3. The van der Waals surface area contributed by atoms with Crippen molar-refractivity contribution in [2.45, 2.75) is 19.8 Å². The average molecular weight is 362 g/mol. The lowest BCUT2D eigenvalue weighted by Crippen LogP contribution is -2.21. The monoisotopic (exact) mass is 362 g/mol. The van der Waals surface area contributed by atoms with Crippen LogP contribution in [0.3, 0.4) is 0 Å². The second-order valence-electron chi connectivity index (χ2n) is 6.51. The summed E-state index contributed by atoms with van der Waals surface area (Å²) in [5.41, 5.74) is 3.03. The Kier molecular flexibility index (Phi) is 5.71. The van der Waals surface area contributed by atoms with E-state index in [4.69, 9.17) is 4.74 Å². The van der Waals surface area contributed by atoms with E-state index < -0.39 is 5.97 Å². The quantitative estimate of drug-likeness (QED) is 0.661.